The maximum atomic E-state index is 13.3. The Balaban J connectivity index is 1.62. The first-order valence-electron chi connectivity index (χ1n) is 13.3. The van der Waals surface area contributed by atoms with Crippen molar-refractivity contribution in [1.29, 1.82) is 0 Å². The lowest BCUT2D eigenvalue weighted by Crippen LogP contribution is -2.85. The number of esters is 1. The van der Waals surface area contributed by atoms with E-state index in [-0.39, 0.29) is 48.3 Å². The van der Waals surface area contributed by atoms with Crippen molar-refractivity contribution in [1.82, 2.24) is 4.90 Å². The number of aliphatic hydroxyl groups is 2. The predicted octanol–water partition coefficient (Wildman–Crippen LogP) is 0.696. The first kappa shape index (κ1) is 23.3. The van der Waals surface area contributed by atoms with Gasteiger partial charge in [-0.2, -0.15) is 0 Å². The van der Waals surface area contributed by atoms with Gasteiger partial charge in [0.05, 0.1) is 35.4 Å². The summed E-state index contributed by atoms with van der Waals surface area (Å²) >= 11 is 0. The zero-order valence-corrected chi connectivity index (χ0v) is 21.4. The third-order valence-electron chi connectivity index (χ3n) is 11.9. The van der Waals surface area contributed by atoms with Crippen molar-refractivity contribution in [3.63, 3.8) is 0 Å². The molecule has 196 valence electrons. The van der Waals surface area contributed by atoms with Crippen molar-refractivity contribution >= 4 is 5.97 Å². The summed E-state index contributed by atoms with van der Waals surface area (Å²) in [4.78, 5) is 15.1. The Morgan fingerprint density at radius 3 is 2.60 bits per heavy atom. The number of carbonyl (C=O) groups excluding carboxylic acids is 1. The molecule has 35 heavy (non-hydrogen) atoms. The average molecular weight is 494 g/mol. The second kappa shape index (κ2) is 6.79. The number of nitrogens with zero attached hydrogens (tertiary/aromatic N) is 1. The molecule has 0 aromatic carbocycles. The van der Waals surface area contributed by atoms with E-state index < -0.39 is 40.3 Å². The highest BCUT2D eigenvalue weighted by molar-refractivity contribution is 5.67. The highest BCUT2D eigenvalue weighted by atomic mass is 16.7. The summed E-state index contributed by atoms with van der Waals surface area (Å²) in [6.45, 7) is 7.51. The molecule has 3 spiro atoms. The Labute approximate surface area is 206 Å². The van der Waals surface area contributed by atoms with Crippen LogP contribution in [-0.4, -0.2) is 102 Å². The summed E-state index contributed by atoms with van der Waals surface area (Å²) < 4.78 is 32.1. The van der Waals surface area contributed by atoms with Gasteiger partial charge in [-0.25, -0.2) is 0 Å². The number of carbonyl (C=O) groups is 1. The molecule has 7 rings (SSSR count). The summed E-state index contributed by atoms with van der Waals surface area (Å²) in [5.41, 5.74) is -4.30. The van der Waals surface area contributed by atoms with Crippen molar-refractivity contribution in [2.24, 2.45) is 28.6 Å². The van der Waals surface area contributed by atoms with E-state index in [1.54, 1.807) is 14.2 Å². The molecule has 0 aromatic rings. The van der Waals surface area contributed by atoms with E-state index in [9.17, 15) is 15.0 Å². The van der Waals surface area contributed by atoms with Crippen LogP contribution in [-0.2, 0) is 28.5 Å². The zero-order valence-electron chi connectivity index (χ0n) is 21.4. The quantitative estimate of drug-likeness (QED) is 0.547. The topological polar surface area (TPSA) is 107 Å². The van der Waals surface area contributed by atoms with Gasteiger partial charge < -0.3 is 33.9 Å². The normalized spacial score (nSPS) is 61.6. The molecule has 0 radical (unpaired) electrons. The number of piperidine rings is 1. The summed E-state index contributed by atoms with van der Waals surface area (Å²) in [7, 11) is 3.40. The number of fused-ring (bicyclic) bond motifs is 1. The van der Waals surface area contributed by atoms with Gasteiger partial charge in [-0.1, -0.05) is 13.8 Å². The average Bonchev–Trinajstić information content (AvgIpc) is 3.36. The lowest BCUT2D eigenvalue weighted by atomic mass is 9.41. The van der Waals surface area contributed by atoms with Crippen LogP contribution in [0.4, 0.5) is 0 Å². The van der Waals surface area contributed by atoms with Crippen LogP contribution in [0.1, 0.15) is 46.5 Å². The molecular formula is C26H39NO8. The van der Waals surface area contributed by atoms with Crippen LogP contribution in [0.2, 0.25) is 0 Å². The van der Waals surface area contributed by atoms with E-state index in [0.717, 1.165) is 25.9 Å². The van der Waals surface area contributed by atoms with E-state index in [1.807, 2.05) is 0 Å². The van der Waals surface area contributed by atoms with Crippen molar-refractivity contribution in [3.8, 4) is 0 Å². The van der Waals surface area contributed by atoms with Crippen LogP contribution in [0.25, 0.3) is 0 Å². The Morgan fingerprint density at radius 1 is 1.17 bits per heavy atom. The molecule has 9 nitrogen and oxygen atoms in total. The largest absolute Gasteiger partial charge is 0.459 e. The lowest BCUT2D eigenvalue weighted by molar-refractivity contribution is -0.332. The first-order chi connectivity index (χ1) is 16.6. The Kier molecular flexibility index (Phi) is 4.52. The molecule has 9 heteroatoms. The standard InChI is InChI=1S/C26H39NO8/c1-6-27-11-22(3)8-7-16(31-4)25-19(22)20(35-13(2)28)26(21(25)27)24(33-12-34-26)10-15(29)14-9-23(25,30)18(24)17(14)32-5/h14-21,29-30H,6-12H2,1-5H3/t14-,15+,16+,17+,18?,19?,20+,21?,22+,23+,24+,25-,26+/m1/s1. The number of ether oxygens (including phenoxy) is 5. The molecule has 2 heterocycles. The third kappa shape index (κ3) is 2.09. The molecule has 7 aliphatic rings. The van der Waals surface area contributed by atoms with Crippen molar-refractivity contribution in [3.05, 3.63) is 0 Å². The van der Waals surface area contributed by atoms with Crippen LogP contribution >= 0.6 is 0 Å². The number of hydrogen-bond acceptors (Lipinski definition) is 9. The van der Waals surface area contributed by atoms with Gasteiger partial charge in [0.1, 0.15) is 18.5 Å². The second-order valence-corrected chi connectivity index (χ2v) is 12.7. The molecule has 2 aliphatic heterocycles. The molecule has 5 saturated carbocycles. The maximum Gasteiger partial charge on any atom is 0.303 e. The third-order valence-corrected chi connectivity index (χ3v) is 11.9. The highest BCUT2D eigenvalue weighted by Crippen LogP contribution is 2.83. The van der Waals surface area contributed by atoms with Crippen LogP contribution in [0.15, 0.2) is 0 Å². The van der Waals surface area contributed by atoms with Gasteiger partial charge in [-0.05, 0) is 31.2 Å². The molecule has 13 atom stereocenters. The Morgan fingerprint density at radius 2 is 1.94 bits per heavy atom. The highest BCUT2D eigenvalue weighted by Gasteiger charge is 2.97. The number of hydrogen-bond donors (Lipinski definition) is 2. The van der Waals surface area contributed by atoms with Crippen molar-refractivity contribution in [2.45, 2.75) is 93.7 Å². The van der Waals surface area contributed by atoms with E-state index in [2.05, 4.69) is 18.7 Å². The minimum atomic E-state index is -1.24. The van der Waals surface area contributed by atoms with Crippen molar-refractivity contribution < 1.29 is 38.7 Å². The molecule has 2 N–H and O–H groups in total. The van der Waals surface area contributed by atoms with Gasteiger partial charge in [0.25, 0.3) is 0 Å². The summed E-state index contributed by atoms with van der Waals surface area (Å²) in [5.74, 6) is -1.16. The van der Waals surface area contributed by atoms with Gasteiger partial charge in [0, 0.05) is 51.9 Å². The number of likely N-dealkylation sites (tertiary alicyclic amines) is 1. The van der Waals surface area contributed by atoms with E-state index in [4.69, 9.17) is 23.7 Å². The molecule has 3 unspecified atom stereocenters. The SMILES string of the molecule is CCN1C[C@]2(C)CC[C@H](OC)[C@]34C2[C@H](OC(C)=O)[C@]2(OCO[C@]25C[C@H](O)[C@H]2C[C@]3(O)C5[C@H]2OC)C14. The van der Waals surface area contributed by atoms with Crippen LogP contribution in [0.5, 0.6) is 0 Å². The smallest absolute Gasteiger partial charge is 0.303 e. The van der Waals surface area contributed by atoms with Gasteiger partial charge in [-0.3, -0.25) is 9.69 Å². The molecule has 7 fully saturated rings. The van der Waals surface area contributed by atoms with Crippen LogP contribution < -0.4 is 0 Å². The monoisotopic (exact) mass is 493 g/mol. The number of likely N-dealkylation sites (N-methyl/N-ethyl adjacent to an activating group) is 1. The van der Waals surface area contributed by atoms with Gasteiger partial charge >= 0.3 is 5.97 Å². The van der Waals surface area contributed by atoms with E-state index >= 15 is 0 Å². The zero-order chi connectivity index (χ0) is 24.8. The van der Waals surface area contributed by atoms with Crippen LogP contribution in [0, 0.1) is 28.6 Å². The first-order valence-corrected chi connectivity index (χ1v) is 13.3. The fourth-order valence-corrected chi connectivity index (χ4v) is 11.5. The van der Waals surface area contributed by atoms with E-state index in [1.165, 1.54) is 6.92 Å². The fraction of sp³-hybridized carbons (Fsp3) is 0.962. The number of rotatable bonds is 4. The van der Waals surface area contributed by atoms with Crippen LogP contribution in [0.3, 0.4) is 0 Å². The molecular weight excluding hydrogens is 454 g/mol. The Bertz CT molecular complexity index is 964. The lowest BCUT2D eigenvalue weighted by Gasteiger charge is -2.71. The molecule has 2 saturated heterocycles. The molecule has 0 aromatic heterocycles. The summed E-state index contributed by atoms with van der Waals surface area (Å²) in [6.07, 6.45) is 0.473. The minimum absolute atomic E-state index is 0.0311. The summed E-state index contributed by atoms with van der Waals surface area (Å²) in [5, 5.41) is 24.7. The Hall–Kier alpha value is -0.810. The molecule has 0 amide bonds. The fourth-order valence-electron chi connectivity index (χ4n) is 11.5. The van der Waals surface area contributed by atoms with E-state index in [0.29, 0.717) is 12.8 Å². The van der Waals surface area contributed by atoms with Crippen molar-refractivity contribution in [2.75, 3.05) is 34.1 Å². The van der Waals surface area contributed by atoms with Gasteiger partial charge in [-0.15, -0.1) is 0 Å². The van der Waals surface area contributed by atoms with Gasteiger partial charge in [0.2, 0.25) is 0 Å². The molecule has 5 aliphatic carbocycles. The predicted molar refractivity (Wildman–Crippen MR) is 121 cm³/mol. The summed E-state index contributed by atoms with van der Waals surface area (Å²) in [6, 6.07) is -0.280. The molecule has 7 bridgehead atoms. The minimum Gasteiger partial charge on any atom is -0.459 e. The maximum absolute atomic E-state index is 13.3. The number of methoxy groups -OCH3 is 2. The number of aliphatic hydroxyl groups excluding tert-OH is 1. The van der Waals surface area contributed by atoms with Gasteiger partial charge in [0.15, 0.2) is 5.60 Å². The second-order valence-electron chi connectivity index (χ2n) is 12.7.